The van der Waals surface area contributed by atoms with E-state index in [4.69, 9.17) is 0 Å². The highest BCUT2D eigenvalue weighted by atomic mass is 19.4. The van der Waals surface area contributed by atoms with Crippen LogP contribution in [0.3, 0.4) is 0 Å². The van der Waals surface area contributed by atoms with Crippen molar-refractivity contribution in [3.63, 3.8) is 0 Å². The van der Waals surface area contributed by atoms with E-state index >= 15 is 0 Å². The van der Waals surface area contributed by atoms with Crippen molar-refractivity contribution < 1.29 is 27.6 Å². The summed E-state index contributed by atoms with van der Waals surface area (Å²) in [4.78, 5) is 38.5. The molecule has 146 valence electrons. The number of piperazine rings is 1. The smallest absolute Gasteiger partial charge is 0.347 e. The van der Waals surface area contributed by atoms with E-state index in [0.717, 1.165) is 24.3 Å². The number of carbonyl (C=O) groups excluding carboxylic acids is 3. The van der Waals surface area contributed by atoms with Crippen molar-refractivity contribution in [2.24, 2.45) is 5.92 Å². The number of alkyl halides is 3. The van der Waals surface area contributed by atoms with E-state index in [0.29, 0.717) is 0 Å². The Morgan fingerprint density at radius 3 is 2.41 bits per heavy atom. The zero-order valence-electron chi connectivity index (χ0n) is 14.8. The lowest BCUT2D eigenvalue weighted by atomic mass is 9.98. The fraction of sp³-hybridized carbons (Fsp3) is 0.500. The monoisotopic (exact) mass is 383 g/mol. The van der Waals surface area contributed by atoms with E-state index in [9.17, 15) is 27.6 Å². The highest BCUT2D eigenvalue weighted by molar-refractivity contribution is 5.98. The number of hydrogen-bond acceptors (Lipinski definition) is 3. The van der Waals surface area contributed by atoms with Crippen LogP contribution in [-0.4, -0.2) is 47.3 Å². The van der Waals surface area contributed by atoms with Crippen molar-refractivity contribution in [3.05, 3.63) is 35.4 Å². The minimum Gasteiger partial charge on any atom is -0.347 e. The third-order valence-corrected chi connectivity index (χ3v) is 4.93. The van der Waals surface area contributed by atoms with Gasteiger partial charge in [0.2, 0.25) is 11.8 Å². The lowest BCUT2D eigenvalue weighted by Gasteiger charge is -2.36. The van der Waals surface area contributed by atoms with E-state index in [-0.39, 0.29) is 36.3 Å². The predicted molar refractivity (Wildman–Crippen MR) is 89.6 cm³/mol. The van der Waals surface area contributed by atoms with Gasteiger partial charge in [0.15, 0.2) is 0 Å². The van der Waals surface area contributed by atoms with Crippen LogP contribution in [0.2, 0.25) is 0 Å². The minimum atomic E-state index is -4.47. The summed E-state index contributed by atoms with van der Waals surface area (Å²) in [6.07, 6.45) is -4.20. The molecule has 2 saturated heterocycles. The summed E-state index contributed by atoms with van der Waals surface area (Å²) < 4.78 is 37.8. The molecular weight excluding hydrogens is 363 g/mol. The summed E-state index contributed by atoms with van der Waals surface area (Å²) in [5.41, 5.74) is -0.747. The molecule has 3 rings (SSSR count). The van der Waals surface area contributed by atoms with Gasteiger partial charge in [-0.2, -0.15) is 13.2 Å². The minimum absolute atomic E-state index is 0.0526. The van der Waals surface area contributed by atoms with E-state index in [2.05, 4.69) is 10.6 Å². The summed E-state index contributed by atoms with van der Waals surface area (Å²) in [6, 6.07) is 2.24. The van der Waals surface area contributed by atoms with Crippen LogP contribution < -0.4 is 10.6 Å². The molecule has 0 saturated carbocycles. The predicted octanol–water partition coefficient (Wildman–Crippen LogP) is 1.56. The second-order valence-corrected chi connectivity index (χ2v) is 7.22. The molecule has 2 aliphatic heterocycles. The number of nitrogens with one attached hydrogen (secondary N) is 2. The average molecular weight is 383 g/mol. The SMILES string of the molecule is CC(C)[C@H]1NC(=O)[C@@H]2C[C@H](NC(=O)c3ccc(C(F)(F)F)cc3)CN2C1=O. The first-order valence-electron chi connectivity index (χ1n) is 8.67. The largest absolute Gasteiger partial charge is 0.416 e. The average Bonchev–Trinajstić information content (AvgIpc) is 3.02. The van der Waals surface area contributed by atoms with Crippen molar-refractivity contribution >= 4 is 17.7 Å². The molecule has 0 unspecified atom stereocenters. The van der Waals surface area contributed by atoms with Crippen LogP contribution >= 0.6 is 0 Å². The third kappa shape index (κ3) is 3.77. The first kappa shape index (κ1) is 19.2. The Bertz CT molecular complexity index is 761. The van der Waals surface area contributed by atoms with Gasteiger partial charge in [0.1, 0.15) is 12.1 Å². The van der Waals surface area contributed by atoms with Gasteiger partial charge in [-0.05, 0) is 36.6 Å². The molecule has 3 amide bonds. The second-order valence-electron chi connectivity index (χ2n) is 7.22. The van der Waals surface area contributed by atoms with Crippen LogP contribution in [0.1, 0.15) is 36.2 Å². The molecule has 1 aromatic rings. The standard InChI is InChI=1S/C18H20F3N3O3/c1-9(2)14-17(27)24-8-12(7-13(24)16(26)23-14)22-15(25)10-3-5-11(6-4-10)18(19,20)21/h3-6,9,12-14H,7-8H2,1-2H3,(H,22,25)(H,23,26)/t12-,13-,14+/m0/s1. The molecule has 0 bridgehead atoms. The molecule has 2 aliphatic rings. The molecule has 0 aliphatic carbocycles. The number of benzene rings is 1. The molecule has 2 fully saturated rings. The van der Waals surface area contributed by atoms with E-state index in [1.165, 1.54) is 4.90 Å². The van der Waals surface area contributed by atoms with E-state index in [1.54, 1.807) is 0 Å². The van der Waals surface area contributed by atoms with Gasteiger partial charge in [-0.1, -0.05) is 13.8 Å². The highest BCUT2D eigenvalue weighted by Crippen LogP contribution is 2.29. The zero-order valence-corrected chi connectivity index (χ0v) is 14.8. The fourth-order valence-electron chi connectivity index (χ4n) is 3.45. The Morgan fingerprint density at radius 2 is 1.85 bits per heavy atom. The highest BCUT2D eigenvalue weighted by Gasteiger charge is 2.47. The van der Waals surface area contributed by atoms with Crippen LogP contribution in [0.5, 0.6) is 0 Å². The summed E-state index contributed by atoms with van der Waals surface area (Å²) in [5.74, 6) is -1.02. The molecular formula is C18H20F3N3O3. The normalized spacial score (nSPS) is 25.4. The molecule has 3 atom stereocenters. The van der Waals surface area contributed by atoms with Gasteiger partial charge in [0.25, 0.3) is 5.91 Å². The van der Waals surface area contributed by atoms with Crippen molar-refractivity contribution in [1.82, 2.24) is 15.5 Å². The summed E-state index contributed by atoms with van der Waals surface area (Å²) in [6.45, 7) is 3.87. The molecule has 0 spiro atoms. The third-order valence-electron chi connectivity index (χ3n) is 4.93. The Hall–Kier alpha value is -2.58. The van der Waals surface area contributed by atoms with Gasteiger partial charge in [0.05, 0.1) is 5.56 Å². The van der Waals surface area contributed by atoms with Crippen LogP contribution in [0, 0.1) is 5.92 Å². The van der Waals surface area contributed by atoms with Crippen LogP contribution in [0.25, 0.3) is 0 Å². The number of nitrogens with zero attached hydrogens (tertiary/aromatic N) is 1. The Balaban J connectivity index is 1.66. The number of fused-ring (bicyclic) bond motifs is 1. The number of rotatable bonds is 3. The first-order chi connectivity index (χ1) is 12.6. The Kier molecular flexibility index (Phi) is 4.88. The lowest BCUT2D eigenvalue weighted by Crippen LogP contribution is -2.62. The van der Waals surface area contributed by atoms with Crippen LogP contribution in [0.15, 0.2) is 24.3 Å². The quantitative estimate of drug-likeness (QED) is 0.832. The van der Waals surface area contributed by atoms with Crippen LogP contribution in [-0.2, 0) is 15.8 Å². The van der Waals surface area contributed by atoms with Gasteiger partial charge in [0, 0.05) is 18.2 Å². The number of hydrogen-bond donors (Lipinski definition) is 2. The van der Waals surface area contributed by atoms with Crippen LogP contribution in [0.4, 0.5) is 13.2 Å². The molecule has 6 nitrogen and oxygen atoms in total. The maximum atomic E-state index is 12.6. The van der Waals surface area contributed by atoms with Gasteiger partial charge in [-0.3, -0.25) is 14.4 Å². The maximum Gasteiger partial charge on any atom is 0.416 e. The van der Waals surface area contributed by atoms with Crippen molar-refractivity contribution in [3.8, 4) is 0 Å². The molecule has 2 N–H and O–H groups in total. The Morgan fingerprint density at radius 1 is 1.22 bits per heavy atom. The molecule has 0 radical (unpaired) electrons. The second kappa shape index (κ2) is 6.86. The molecule has 9 heteroatoms. The first-order valence-corrected chi connectivity index (χ1v) is 8.67. The molecule has 0 aromatic heterocycles. The number of amides is 3. The molecule has 27 heavy (non-hydrogen) atoms. The summed E-state index contributed by atoms with van der Waals surface area (Å²) in [7, 11) is 0. The fourth-order valence-corrected chi connectivity index (χ4v) is 3.45. The lowest BCUT2D eigenvalue weighted by molar-refractivity contribution is -0.148. The topological polar surface area (TPSA) is 78.5 Å². The van der Waals surface area contributed by atoms with Gasteiger partial charge >= 0.3 is 6.18 Å². The molecule has 2 heterocycles. The van der Waals surface area contributed by atoms with Crippen molar-refractivity contribution in [2.45, 2.75) is 44.6 Å². The van der Waals surface area contributed by atoms with E-state index < -0.39 is 35.8 Å². The number of carbonyl (C=O) groups is 3. The number of halogens is 3. The zero-order chi connectivity index (χ0) is 19.9. The summed E-state index contributed by atoms with van der Waals surface area (Å²) >= 11 is 0. The van der Waals surface area contributed by atoms with E-state index in [1.807, 2.05) is 13.8 Å². The van der Waals surface area contributed by atoms with Crippen molar-refractivity contribution in [1.29, 1.82) is 0 Å². The Labute approximate surface area is 154 Å². The van der Waals surface area contributed by atoms with Gasteiger partial charge < -0.3 is 15.5 Å². The maximum absolute atomic E-state index is 12.6. The van der Waals surface area contributed by atoms with Gasteiger partial charge in [-0.15, -0.1) is 0 Å². The van der Waals surface area contributed by atoms with Gasteiger partial charge in [-0.25, -0.2) is 0 Å². The molecule has 1 aromatic carbocycles. The van der Waals surface area contributed by atoms with Crippen molar-refractivity contribution in [2.75, 3.05) is 6.54 Å². The summed E-state index contributed by atoms with van der Waals surface area (Å²) in [5, 5.41) is 5.41.